The smallest absolute Gasteiger partial charge is 0.272 e. The summed E-state index contributed by atoms with van der Waals surface area (Å²) in [5.74, 6) is 0. The Balaban J connectivity index is 2.08. The summed E-state index contributed by atoms with van der Waals surface area (Å²) >= 11 is 0. The highest BCUT2D eigenvalue weighted by molar-refractivity contribution is 5.74. The quantitative estimate of drug-likeness (QED) is 0.505. The van der Waals surface area contributed by atoms with E-state index in [-0.39, 0.29) is 17.1 Å². The SMILES string of the molecule is O=[N+]([O-])c1ccc(N/N=C\C=C2CCCCC2)c([N+](=O)[O-])c1. The summed E-state index contributed by atoms with van der Waals surface area (Å²) in [5.41, 5.74) is 3.29. The van der Waals surface area contributed by atoms with Gasteiger partial charge < -0.3 is 0 Å². The lowest BCUT2D eigenvalue weighted by atomic mass is 9.95. The molecule has 8 nitrogen and oxygen atoms in total. The lowest BCUT2D eigenvalue weighted by Crippen LogP contribution is -1.98. The maximum Gasteiger partial charge on any atom is 0.301 e. The molecule has 0 bridgehead atoms. The fraction of sp³-hybridized carbons (Fsp3) is 0.357. The Morgan fingerprint density at radius 2 is 1.82 bits per heavy atom. The molecule has 0 amide bonds. The molecule has 0 heterocycles. The third kappa shape index (κ3) is 4.11. The van der Waals surface area contributed by atoms with Crippen molar-refractivity contribution in [1.29, 1.82) is 0 Å². The van der Waals surface area contributed by atoms with Gasteiger partial charge in [0.05, 0.1) is 15.9 Å². The molecule has 0 unspecified atom stereocenters. The van der Waals surface area contributed by atoms with Crippen LogP contribution < -0.4 is 5.43 Å². The van der Waals surface area contributed by atoms with E-state index < -0.39 is 9.85 Å². The van der Waals surface area contributed by atoms with Crippen molar-refractivity contribution in [2.24, 2.45) is 5.10 Å². The van der Waals surface area contributed by atoms with Crippen LogP contribution in [-0.2, 0) is 0 Å². The number of hydrogen-bond acceptors (Lipinski definition) is 6. The second-order valence-corrected chi connectivity index (χ2v) is 4.99. The largest absolute Gasteiger partial charge is 0.301 e. The summed E-state index contributed by atoms with van der Waals surface area (Å²) in [6, 6.07) is 3.39. The predicted octanol–water partition coefficient (Wildman–Crippen LogP) is 3.79. The Hall–Kier alpha value is -2.77. The molecule has 0 spiro atoms. The third-order valence-electron chi connectivity index (χ3n) is 3.45. The van der Waals surface area contributed by atoms with Crippen LogP contribution in [0, 0.1) is 20.2 Å². The predicted molar refractivity (Wildman–Crippen MR) is 83.0 cm³/mol. The van der Waals surface area contributed by atoms with Crippen LogP contribution in [0.2, 0.25) is 0 Å². The number of anilines is 1. The molecular formula is C14H16N4O4. The van der Waals surface area contributed by atoms with Crippen molar-refractivity contribution in [3.8, 4) is 0 Å². The van der Waals surface area contributed by atoms with Gasteiger partial charge in [-0.1, -0.05) is 12.0 Å². The molecule has 1 saturated carbocycles. The number of nitrogens with zero attached hydrogens (tertiary/aromatic N) is 3. The van der Waals surface area contributed by atoms with Gasteiger partial charge in [-0.3, -0.25) is 25.7 Å². The topological polar surface area (TPSA) is 111 Å². The van der Waals surface area contributed by atoms with Crippen molar-refractivity contribution in [3.05, 3.63) is 50.1 Å². The van der Waals surface area contributed by atoms with Gasteiger partial charge in [-0.15, -0.1) is 0 Å². The van der Waals surface area contributed by atoms with Crippen LogP contribution >= 0.6 is 0 Å². The zero-order valence-electron chi connectivity index (χ0n) is 11.9. The zero-order chi connectivity index (χ0) is 15.9. The van der Waals surface area contributed by atoms with Crippen LogP contribution in [0.5, 0.6) is 0 Å². The summed E-state index contributed by atoms with van der Waals surface area (Å²) < 4.78 is 0. The van der Waals surface area contributed by atoms with Crippen LogP contribution in [0.1, 0.15) is 32.1 Å². The Bertz CT molecular complexity index is 632. The van der Waals surface area contributed by atoms with Gasteiger partial charge in [-0.05, 0) is 37.8 Å². The summed E-state index contributed by atoms with van der Waals surface area (Å²) in [7, 11) is 0. The van der Waals surface area contributed by atoms with E-state index in [2.05, 4.69) is 10.5 Å². The van der Waals surface area contributed by atoms with Crippen LogP contribution in [0.4, 0.5) is 17.1 Å². The van der Waals surface area contributed by atoms with E-state index in [1.807, 2.05) is 6.08 Å². The molecule has 1 aliphatic rings. The average molecular weight is 304 g/mol. The number of allylic oxidation sites excluding steroid dienone is 2. The van der Waals surface area contributed by atoms with Crippen LogP contribution in [0.25, 0.3) is 0 Å². The van der Waals surface area contributed by atoms with E-state index in [0.717, 1.165) is 18.9 Å². The first-order chi connectivity index (χ1) is 10.6. The van der Waals surface area contributed by atoms with Gasteiger partial charge >= 0.3 is 5.69 Å². The van der Waals surface area contributed by atoms with Crippen LogP contribution in [0.15, 0.2) is 34.9 Å². The molecule has 0 aliphatic heterocycles. The lowest BCUT2D eigenvalue weighted by molar-refractivity contribution is -0.393. The van der Waals surface area contributed by atoms with Gasteiger partial charge in [0, 0.05) is 12.3 Å². The van der Waals surface area contributed by atoms with E-state index in [0.29, 0.717) is 0 Å². The molecule has 1 aliphatic carbocycles. The van der Waals surface area contributed by atoms with Gasteiger partial charge in [-0.25, -0.2) is 0 Å². The first-order valence-corrected chi connectivity index (χ1v) is 6.98. The number of rotatable bonds is 5. The summed E-state index contributed by atoms with van der Waals surface area (Å²) in [6.07, 6.45) is 9.20. The number of benzene rings is 1. The second kappa shape index (κ2) is 7.30. The number of non-ortho nitro benzene ring substituents is 1. The highest BCUT2D eigenvalue weighted by atomic mass is 16.6. The van der Waals surface area contributed by atoms with E-state index in [1.165, 1.54) is 37.0 Å². The van der Waals surface area contributed by atoms with Gasteiger partial charge in [0.15, 0.2) is 0 Å². The molecule has 1 aromatic carbocycles. The van der Waals surface area contributed by atoms with Crippen molar-refractivity contribution in [2.45, 2.75) is 32.1 Å². The molecule has 1 aromatic rings. The minimum atomic E-state index is -0.676. The van der Waals surface area contributed by atoms with Crippen LogP contribution in [0.3, 0.4) is 0 Å². The molecule has 116 valence electrons. The molecule has 0 aromatic heterocycles. The van der Waals surface area contributed by atoms with Crippen LogP contribution in [-0.4, -0.2) is 16.1 Å². The Kier molecular flexibility index (Phi) is 5.18. The molecule has 1 fully saturated rings. The Morgan fingerprint density at radius 1 is 1.09 bits per heavy atom. The van der Waals surface area contributed by atoms with Crippen molar-refractivity contribution >= 4 is 23.3 Å². The number of nitro benzene ring substituents is 2. The maximum absolute atomic E-state index is 11.0. The summed E-state index contributed by atoms with van der Waals surface area (Å²) in [5, 5.41) is 25.5. The molecule has 0 saturated heterocycles. The highest BCUT2D eigenvalue weighted by Crippen LogP contribution is 2.28. The van der Waals surface area contributed by atoms with Gasteiger partial charge in [0.2, 0.25) is 0 Å². The number of hydrogen-bond donors (Lipinski definition) is 1. The minimum Gasteiger partial charge on any atom is -0.272 e. The zero-order valence-corrected chi connectivity index (χ0v) is 11.9. The first-order valence-electron chi connectivity index (χ1n) is 6.98. The van der Waals surface area contributed by atoms with E-state index in [1.54, 1.807) is 6.21 Å². The lowest BCUT2D eigenvalue weighted by Gasteiger charge is -2.11. The molecule has 1 N–H and O–H groups in total. The van der Waals surface area contributed by atoms with Crippen molar-refractivity contribution in [2.75, 3.05) is 5.43 Å². The minimum absolute atomic E-state index is 0.119. The number of nitrogens with one attached hydrogen (secondary N) is 1. The average Bonchev–Trinajstić information content (AvgIpc) is 2.52. The maximum atomic E-state index is 11.0. The summed E-state index contributed by atoms with van der Waals surface area (Å²) in [6.45, 7) is 0. The normalized spacial score (nSPS) is 14.8. The Morgan fingerprint density at radius 3 is 2.45 bits per heavy atom. The van der Waals surface area contributed by atoms with E-state index >= 15 is 0 Å². The van der Waals surface area contributed by atoms with Gasteiger partial charge in [0.1, 0.15) is 5.69 Å². The molecule has 2 rings (SSSR count). The van der Waals surface area contributed by atoms with E-state index in [9.17, 15) is 20.2 Å². The fourth-order valence-electron chi connectivity index (χ4n) is 2.30. The van der Waals surface area contributed by atoms with Crippen molar-refractivity contribution < 1.29 is 9.85 Å². The highest BCUT2D eigenvalue weighted by Gasteiger charge is 2.18. The van der Waals surface area contributed by atoms with Crippen molar-refractivity contribution in [1.82, 2.24) is 0 Å². The molecular weight excluding hydrogens is 288 g/mol. The molecule has 22 heavy (non-hydrogen) atoms. The molecule has 8 heteroatoms. The summed E-state index contributed by atoms with van der Waals surface area (Å²) in [4.78, 5) is 20.3. The molecule has 0 atom stereocenters. The first kappa shape index (κ1) is 15.6. The standard InChI is InChI=1S/C14H16N4O4/c19-17(20)12-6-7-13(14(10-12)18(21)22)16-15-9-8-11-4-2-1-3-5-11/h6-10,16H,1-5H2/b15-9-. The number of hydrazone groups is 1. The second-order valence-electron chi connectivity index (χ2n) is 4.99. The fourth-order valence-corrected chi connectivity index (χ4v) is 2.30. The van der Waals surface area contributed by atoms with Gasteiger partial charge in [0.25, 0.3) is 5.69 Å². The molecule has 0 radical (unpaired) electrons. The monoisotopic (exact) mass is 304 g/mol. The van der Waals surface area contributed by atoms with Crippen molar-refractivity contribution in [3.63, 3.8) is 0 Å². The van der Waals surface area contributed by atoms with Gasteiger partial charge in [-0.2, -0.15) is 5.10 Å². The number of nitro groups is 2. The van der Waals surface area contributed by atoms with E-state index in [4.69, 9.17) is 0 Å². The third-order valence-corrected chi connectivity index (χ3v) is 3.45. The Labute approximate surface area is 126 Å².